The summed E-state index contributed by atoms with van der Waals surface area (Å²) < 4.78 is 0. The first-order chi connectivity index (χ1) is 9.19. The van der Waals surface area contributed by atoms with Crippen molar-refractivity contribution in [2.75, 3.05) is 18.9 Å². The molecule has 1 heterocycles. The van der Waals surface area contributed by atoms with E-state index < -0.39 is 11.4 Å². The zero-order valence-electron chi connectivity index (χ0n) is 12.5. The molecule has 110 valence electrons. The van der Waals surface area contributed by atoms with E-state index >= 15 is 0 Å². The van der Waals surface area contributed by atoms with Crippen LogP contribution in [0.15, 0.2) is 6.07 Å². The standard InChI is InChI=1S/C14H21N3O3/c1-8-6-9(2)17-11(10(8)12(18)19)16-7-14(3,4)13(20)15-5/h6H,7H2,1-5H3,(H,15,20)(H,16,17)(H,18,19). The molecule has 0 spiro atoms. The maximum atomic E-state index is 11.7. The quantitative estimate of drug-likeness (QED) is 0.761. The van der Waals surface area contributed by atoms with Gasteiger partial charge in [-0.25, -0.2) is 9.78 Å². The number of anilines is 1. The zero-order valence-corrected chi connectivity index (χ0v) is 12.5. The van der Waals surface area contributed by atoms with E-state index in [0.717, 1.165) is 5.69 Å². The molecular formula is C14H21N3O3. The summed E-state index contributed by atoms with van der Waals surface area (Å²) in [6.07, 6.45) is 0. The molecule has 1 rings (SSSR count). The number of carboxylic acids is 1. The largest absolute Gasteiger partial charge is 0.478 e. The zero-order chi connectivity index (χ0) is 15.5. The number of carbonyl (C=O) groups excluding carboxylic acids is 1. The molecule has 0 aromatic carbocycles. The third kappa shape index (κ3) is 3.46. The van der Waals surface area contributed by atoms with Crippen molar-refractivity contribution in [3.63, 3.8) is 0 Å². The van der Waals surface area contributed by atoms with Gasteiger partial charge in [0.25, 0.3) is 0 Å². The smallest absolute Gasteiger partial charge is 0.339 e. The second-order valence-corrected chi connectivity index (χ2v) is 5.43. The van der Waals surface area contributed by atoms with E-state index in [2.05, 4.69) is 15.6 Å². The van der Waals surface area contributed by atoms with Crippen LogP contribution in [0, 0.1) is 19.3 Å². The Bertz CT molecular complexity index is 539. The van der Waals surface area contributed by atoms with E-state index in [1.54, 1.807) is 40.8 Å². The number of amides is 1. The van der Waals surface area contributed by atoms with E-state index in [9.17, 15) is 14.7 Å². The highest BCUT2D eigenvalue weighted by molar-refractivity contribution is 5.95. The predicted molar refractivity (Wildman–Crippen MR) is 77.0 cm³/mol. The van der Waals surface area contributed by atoms with Gasteiger partial charge in [0.2, 0.25) is 5.91 Å². The maximum absolute atomic E-state index is 11.7. The Morgan fingerprint density at radius 2 is 1.95 bits per heavy atom. The Balaban J connectivity index is 3.04. The van der Waals surface area contributed by atoms with E-state index in [1.807, 2.05) is 0 Å². The van der Waals surface area contributed by atoms with Crippen LogP contribution in [0.1, 0.15) is 35.5 Å². The molecule has 6 nitrogen and oxygen atoms in total. The van der Waals surface area contributed by atoms with Crippen LogP contribution in [-0.4, -0.2) is 35.6 Å². The van der Waals surface area contributed by atoms with Crippen molar-refractivity contribution in [1.82, 2.24) is 10.3 Å². The number of nitrogens with zero attached hydrogens (tertiary/aromatic N) is 1. The molecule has 0 fully saturated rings. The minimum Gasteiger partial charge on any atom is -0.478 e. The van der Waals surface area contributed by atoms with Gasteiger partial charge in [0.05, 0.1) is 5.41 Å². The van der Waals surface area contributed by atoms with Gasteiger partial charge in [0.1, 0.15) is 11.4 Å². The van der Waals surface area contributed by atoms with Crippen LogP contribution >= 0.6 is 0 Å². The number of carboxylic acid groups (broad SMARTS) is 1. The summed E-state index contributed by atoms with van der Waals surface area (Å²) in [7, 11) is 1.57. The Morgan fingerprint density at radius 1 is 1.35 bits per heavy atom. The second-order valence-electron chi connectivity index (χ2n) is 5.43. The number of hydrogen-bond donors (Lipinski definition) is 3. The fourth-order valence-corrected chi connectivity index (χ4v) is 1.96. The number of pyridine rings is 1. The summed E-state index contributed by atoms with van der Waals surface area (Å²) in [5.41, 5.74) is 0.852. The van der Waals surface area contributed by atoms with Crippen molar-refractivity contribution in [3.05, 3.63) is 22.9 Å². The van der Waals surface area contributed by atoms with Crippen molar-refractivity contribution in [2.24, 2.45) is 5.41 Å². The summed E-state index contributed by atoms with van der Waals surface area (Å²) in [6.45, 7) is 7.38. The summed E-state index contributed by atoms with van der Waals surface area (Å²) in [5.74, 6) is -0.853. The van der Waals surface area contributed by atoms with Gasteiger partial charge in [-0.3, -0.25) is 4.79 Å². The average Bonchev–Trinajstić information content (AvgIpc) is 2.33. The highest BCUT2D eigenvalue weighted by atomic mass is 16.4. The fraction of sp³-hybridized carbons (Fsp3) is 0.500. The lowest BCUT2D eigenvalue weighted by Crippen LogP contribution is -2.39. The Hall–Kier alpha value is -2.11. The van der Waals surface area contributed by atoms with Gasteiger partial charge in [0.15, 0.2) is 0 Å². The minimum atomic E-state index is -1.03. The van der Waals surface area contributed by atoms with Crippen molar-refractivity contribution < 1.29 is 14.7 Å². The normalized spacial score (nSPS) is 11.1. The molecule has 0 atom stereocenters. The molecule has 0 aliphatic heterocycles. The topological polar surface area (TPSA) is 91.3 Å². The molecule has 0 bridgehead atoms. The number of nitrogens with one attached hydrogen (secondary N) is 2. The Labute approximate surface area is 118 Å². The van der Waals surface area contributed by atoms with Crippen LogP contribution in [0.4, 0.5) is 5.82 Å². The molecule has 0 aliphatic rings. The summed E-state index contributed by atoms with van der Waals surface area (Å²) >= 11 is 0. The maximum Gasteiger partial charge on any atom is 0.339 e. The predicted octanol–water partition coefficient (Wildman–Crippen LogP) is 1.58. The molecule has 1 amide bonds. The molecule has 0 aliphatic carbocycles. The van der Waals surface area contributed by atoms with Crippen molar-refractivity contribution in [2.45, 2.75) is 27.7 Å². The first kappa shape index (κ1) is 15.9. The lowest BCUT2D eigenvalue weighted by Gasteiger charge is -2.24. The third-order valence-corrected chi connectivity index (χ3v) is 3.10. The Morgan fingerprint density at radius 3 is 2.45 bits per heavy atom. The van der Waals surface area contributed by atoms with Crippen molar-refractivity contribution in [3.8, 4) is 0 Å². The van der Waals surface area contributed by atoms with Crippen molar-refractivity contribution in [1.29, 1.82) is 0 Å². The van der Waals surface area contributed by atoms with E-state index in [0.29, 0.717) is 17.9 Å². The lowest BCUT2D eigenvalue weighted by atomic mass is 9.92. The number of aromatic nitrogens is 1. The van der Waals surface area contributed by atoms with Gasteiger partial charge < -0.3 is 15.7 Å². The second kappa shape index (κ2) is 5.90. The molecule has 6 heteroatoms. The van der Waals surface area contributed by atoms with Crippen LogP contribution in [0.25, 0.3) is 0 Å². The monoisotopic (exact) mass is 279 g/mol. The Kier molecular flexibility index (Phi) is 4.70. The number of aromatic carboxylic acids is 1. The van der Waals surface area contributed by atoms with Gasteiger partial charge in [-0.2, -0.15) is 0 Å². The number of carbonyl (C=O) groups is 2. The van der Waals surface area contributed by atoms with E-state index in [4.69, 9.17) is 0 Å². The van der Waals surface area contributed by atoms with Gasteiger partial charge in [0, 0.05) is 19.3 Å². The first-order valence-electron chi connectivity index (χ1n) is 6.36. The number of rotatable bonds is 5. The molecule has 1 aromatic rings. The summed E-state index contributed by atoms with van der Waals surface area (Å²) in [6, 6.07) is 1.72. The van der Waals surface area contributed by atoms with Gasteiger partial charge in [-0.15, -0.1) is 0 Å². The molecule has 0 saturated carbocycles. The van der Waals surface area contributed by atoms with Crippen LogP contribution in [0.3, 0.4) is 0 Å². The molecule has 1 aromatic heterocycles. The minimum absolute atomic E-state index is 0.119. The molecule has 0 radical (unpaired) electrons. The van der Waals surface area contributed by atoms with Crippen LogP contribution in [0.2, 0.25) is 0 Å². The molecular weight excluding hydrogens is 258 g/mol. The highest BCUT2D eigenvalue weighted by Gasteiger charge is 2.27. The SMILES string of the molecule is CNC(=O)C(C)(C)CNc1nc(C)cc(C)c1C(=O)O. The molecule has 3 N–H and O–H groups in total. The summed E-state index contributed by atoms with van der Waals surface area (Å²) in [4.78, 5) is 27.2. The lowest BCUT2D eigenvalue weighted by molar-refractivity contribution is -0.128. The fourth-order valence-electron chi connectivity index (χ4n) is 1.96. The van der Waals surface area contributed by atoms with Gasteiger partial charge >= 0.3 is 5.97 Å². The average molecular weight is 279 g/mol. The van der Waals surface area contributed by atoms with Crippen molar-refractivity contribution >= 4 is 17.7 Å². The molecule has 20 heavy (non-hydrogen) atoms. The molecule has 0 saturated heterocycles. The number of aryl methyl sites for hydroxylation is 2. The van der Waals surface area contributed by atoms with Gasteiger partial charge in [-0.05, 0) is 39.3 Å². The van der Waals surface area contributed by atoms with Crippen LogP contribution in [0.5, 0.6) is 0 Å². The highest BCUT2D eigenvalue weighted by Crippen LogP contribution is 2.21. The van der Waals surface area contributed by atoms with Crippen LogP contribution < -0.4 is 10.6 Å². The van der Waals surface area contributed by atoms with E-state index in [-0.39, 0.29) is 11.5 Å². The first-order valence-corrected chi connectivity index (χ1v) is 6.36. The number of hydrogen-bond acceptors (Lipinski definition) is 4. The van der Waals surface area contributed by atoms with Crippen LogP contribution in [-0.2, 0) is 4.79 Å². The summed E-state index contributed by atoms with van der Waals surface area (Å²) in [5, 5.41) is 14.8. The third-order valence-electron chi connectivity index (χ3n) is 3.10. The van der Waals surface area contributed by atoms with Gasteiger partial charge in [-0.1, -0.05) is 0 Å². The molecule has 0 unspecified atom stereocenters. The van der Waals surface area contributed by atoms with E-state index in [1.165, 1.54) is 0 Å².